The Hall–Kier alpha value is -0.300. The van der Waals surface area contributed by atoms with Crippen LogP contribution in [0.25, 0.3) is 0 Å². The number of rotatable bonds is 2. The van der Waals surface area contributed by atoms with E-state index >= 15 is 0 Å². The molecular weight excluding hydrogens is 134 g/mol. The van der Waals surface area contributed by atoms with Crippen LogP contribution in [0.4, 0.5) is 0 Å². The molecule has 1 rings (SSSR count). The summed E-state index contributed by atoms with van der Waals surface area (Å²) < 4.78 is 0. The van der Waals surface area contributed by atoms with Crippen LogP contribution in [-0.2, 0) is 0 Å². The minimum absolute atomic E-state index is 0.516. The quantitative estimate of drug-likeness (QED) is 0.600. The first kappa shape index (κ1) is 8.79. The minimum atomic E-state index is 0.516. The third-order valence-corrected chi connectivity index (χ3v) is 2.53. The van der Waals surface area contributed by atoms with Crippen LogP contribution in [0.1, 0.15) is 32.6 Å². The van der Waals surface area contributed by atoms with E-state index in [9.17, 15) is 0 Å². The Morgan fingerprint density at radius 1 is 1.45 bits per heavy atom. The summed E-state index contributed by atoms with van der Waals surface area (Å²) in [5.41, 5.74) is 0.516. The molecule has 11 heavy (non-hydrogen) atoms. The van der Waals surface area contributed by atoms with Crippen LogP contribution < -0.4 is 5.32 Å². The molecule has 0 saturated carbocycles. The molecule has 64 valence electrons. The number of hydrogen-bond acceptors (Lipinski definition) is 1. The van der Waals surface area contributed by atoms with Gasteiger partial charge in [0, 0.05) is 6.54 Å². The summed E-state index contributed by atoms with van der Waals surface area (Å²) in [6, 6.07) is 0. The maximum Gasteiger partial charge on any atom is 0.000513 e. The van der Waals surface area contributed by atoms with Gasteiger partial charge in [0.15, 0.2) is 0 Å². The van der Waals surface area contributed by atoms with Gasteiger partial charge < -0.3 is 5.32 Å². The van der Waals surface area contributed by atoms with E-state index in [4.69, 9.17) is 0 Å². The van der Waals surface area contributed by atoms with Gasteiger partial charge in [0.2, 0.25) is 0 Å². The van der Waals surface area contributed by atoms with E-state index in [0.29, 0.717) is 5.41 Å². The predicted octanol–water partition coefficient (Wildman–Crippen LogP) is 2.34. The summed E-state index contributed by atoms with van der Waals surface area (Å²) >= 11 is 0. The molecular formula is C10H19N. The lowest BCUT2D eigenvalue weighted by Gasteiger charge is -2.26. The Labute approximate surface area is 69.9 Å². The summed E-state index contributed by atoms with van der Waals surface area (Å²) in [7, 11) is 2.04. The average molecular weight is 153 g/mol. The molecule has 0 aliphatic heterocycles. The summed E-state index contributed by atoms with van der Waals surface area (Å²) in [5, 5.41) is 3.27. The summed E-state index contributed by atoms with van der Waals surface area (Å²) in [6.07, 6.45) is 9.90. The SMILES string of the molecule is CNCC1(C)CC=CCCC1. The molecule has 1 nitrogen and oxygen atoms in total. The van der Waals surface area contributed by atoms with Crippen LogP contribution in [0.15, 0.2) is 12.2 Å². The molecule has 1 aliphatic carbocycles. The van der Waals surface area contributed by atoms with Crippen LogP contribution >= 0.6 is 0 Å². The molecule has 1 atom stereocenters. The second-order valence-corrected chi connectivity index (χ2v) is 3.91. The Bertz CT molecular complexity index is 140. The van der Waals surface area contributed by atoms with Gasteiger partial charge >= 0.3 is 0 Å². The fourth-order valence-electron chi connectivity index (χ4n) is 1.82. The van der Waals surface area contributed by atoms with Crippen LogP contribution in [0.3, 0.4) is 0 Å². The maximum absolute atomic E-state index is 3.27. The van der Waals surface area contributed by atoms with Gasteiger partial charge in [-0.25, -0.2) is 0 Å². The lowest BCUT2D eigenvalue weighted by molar-refractivity contribution is 0.290. The Morgan fingerprint density at radius 3 is 3.00 bits per heavy atom. The Balaban J connectivity index is 2.46. The van der Waals surface area contributed by atoms with E-state index in [2.05, 4.69) is 24.4 Å². The molecule has 0 radical (unpaired) electrons. The zero-order valence-electron chi connectivity index (χ0n) is 7.69. The van der Waals surface area contributed by atoms with Gasteiger partial charge in [0.25, 0.3) is 0 Å². The monoisotopic (exact) mass is 153 g/mol. The third kappa shape index (κ3) is 2.66. The molecule has 0 spiro atoms. The molecule has 1 unspecified atom stereocenters. The molecule has 0 aromatic carbocycles. The highest BCUT2D eigenvalue weighted by molar-refractivity contribution is 4.93. The van der Waals surface area contributed by atoms with Crippen molar-refractivity contribution in [3.05, 3.63) is 12.2 Å². The molecule has 0 heterocycles. The molecule has 1 aliphatic rings. The number of hydrogen-bond donors (Lipinski definition) is 1. The van der Waals surface area contributed by atoms with Crippen molar-refractivity contribution in [1.29, 1.82) is 0 Å². The van der Waals surface area contributed by atoms with Gasteiger partial charge in [-0.1, -0.05) is 19.1 Å². The lowest BCUT2D eigenvalue weighted by Crippen LogP contribution is -2.28. The van der Waals surface area contributed by atoms with Crippen LogP contribution in [0.2, 0.25) is 0 Å². The van der Waals surface area contributed by atoms with Crippen molar-refractivity contribution in [3.8, 4) is 0 Å². The minimum Gasteiger partial charge on any atom is -0.319 e. The van der Waals surface area contributed by atoms with Gasteiger partial charge in [-0.2, -0.15) is 0 Å². The van der Waals surface area contributed by atoms with Crippen LogP contribution in [0, 0.1) is 5.41 Å². The second-order valence-electron chi connectivity index (χ2n) is 3.91. The molecule has 0 amide bonds. The topological polar surface area (TPSA) is 12.0 Å². The van der Waals surface area contributed by atoms with Crippen LogP contribution in [0.5, 0.6) is 0 Å². The molecule has 0 aromatic rings. The molecule has 0 bridgehead atoms. The number of nitrogens with one attached hydrogen (secondary N) is 1. The maximum atomic E-state index is 3.27. The fraction of sp³-hybridized carbons (Fsp3) is 0.800. The summed E-state index contributed by atoms with van der Waals surface area (Å²) in [4.78, 5) is 0. The van der Waals surface area contributed by atoms with Crippen molar-refractivity contribution in [2.24, 2.45) is 5.41 Å². The van der Waals surface area contributed by atoms with E-state index in [-0.39, 0.29) is 0 Å². The first-order valence-electron chi connectivity index (χ1n) is 4.56. The summed E-state index contributed by atoms with van der Waals surface area (Å²) in [6.45, 7) is 3.52. The van der Waals surface area contributed by atoms with Crippen molar-refractivity contribution in [1.82, 2.24) is 5.32 Å². The first-order valence-corrected chi connectivity index (χ1v) is 4.56. The van der Waals surface area contributed by atoms with E-state index in [1.54, 1.807) is 0 Å². The zero-order valence-corrected chi connectivity index (χ0v) is 7.69. The van der Waals surface area contributed by atoms with Gasteiger partial charge in [0.05, 0.1) is 0 Å². The van der Waals surface area contributed by atoms with Gasteiger partial charge in [-0.15, -0.1) is 0 Å². The second kappa shape index (κ2) is 3.91. The zero-order chi connectivity index (χ0) is 8.16. The van der Waals surface area contributed by atoms with E-state index in [0.717, 1.165) is 6.54 Å². The van der Waals surface area contributed by atoms with Crippen molar-refractivity contribution < 1.29 is 0 Å². The van der Waals surface area contributed by atoms with Crippen molar-refractivity contribution >= 4 is 0 Å². The van der Waals surface area contributed by atoms with Crippen molar-refractivity contribution in [2.75, 3.05) is 13.6 Å². The largest absolute Gasteiger partial charge is 0.319 e. The summed E-state index contributed by atoms with van der Waals surface area (Å²) in [5.74, 6) is 0. The molecule has 0 saturated heterocycles. The number of allylic oxidation sites excluding steroid dienone is 2. The normalized spacial score (nSPS) is 31.8. The molecule has 0 fully saturated rings. The molecule has 1 heteroatoms. The highest BCUT2D eigenvalue weighted by Crippen LogP contribution is 2.30. The average Bonchev–Trinajstić information content (AvgIpc) is 2.15. The molecule has 1 N–H and O–H groups in total. The highest BCUT2D eigenvalue weighted by atomic mass is 14.8. The van der Waals surface area contributed by atoms with Gasteiger partial charge in [-0.05, 0) is 38.1 Å². The predicted molar refractivity (Wildman–Crippen MR) is 49.6 cm³/mol. The van der Waals surface area contributed by atoms with Crippen molar-refractivity contribution in [3.63, 3.8) is 0 Å². The Kier molecular flexibility index (Phi) is 3.13. The van der Waals surface area contributed by atoms with Crippen LogP contribution in [-0.4, -0.2) is 13.6 Å². The molecule has 0 aromatic heterocycles. The third-order valence-electron chi connectivity index (χ3n) is 2.53. The Morgan fingerprint density at radius 2 is 2.27 bits per heavy atom. The first-order chi connectivity index (χ1) is 5.27. The van der Waals surface area contributed by atoms with E-state index in [1.807, 2.05) is 7.05 Å². The standard InChI is InChI=1S/C10H19N/c1-10(9-11-2)7-5-3-4-6-8-10/h3,5,11H,4,6-9H2,1-2H3. The van der Waals surface area contributed by atoms with E-state index in [1.165, 1.54) is 25.7 Å². The highest BCUT2D eigenvalue weighted by Gasteiger charge is 2.22. The smallest absolute Gasteiger partial charge is 0.000513 e. The lowest BCUT2D eigenvalue weighted by atomic mass is 9.83. The van der Waals surface area contributed by atoms with E-state index < -0.39 is 0 Å². The van der Waals surface area contributed by atoms with Gasteiger partial charge in [-0.3, -0.25) is 0 Å². The van der Waals surface area contributed by atoms with Gasteiger partial charge in [0.1, 0.15) is 0 Å². The fourth-order valence-corrected chi connectivity index (χ4v) is 1.82. The van der Waals surface area contributed by atoms with Crippen molar-refractivity contribution in [2.45, 2.75) is 32.6 Å².